The fraction of sp³-hybridized carbons (Fsp3) is 0.500. The lowest BCUT2D eigenvalue weighted by molar-refractivity contribution is -0.158. The van der Waals surface area contributed by atoms with Gasteiger partial charge in [-0.05, 0) is 31.9 Å². The summed E-state index contributed by atoms with van der Waals surface area (Å²) in [6, 6.07) is 4.85. The van der Waals surface area contributed by atoms with E-state index in [0.717, 1.165) is 12.8 Å². The normalized spacial score (nSPS) is 21.2. The number of carbonyl (C=O) groups is 2. The van der Waals surface area contributed by atoms with Gasteiger partial charge < -0.3 is 9.47 Å². The molecular formula is C16H18Cl2O4. The van der Waals surface area contributed by atoms with E-state index in [1.807, 2.05) is 0 Å². The lowest BCUT2D eigenvalue weighted by Crippen LogP contribution is -2.36. The first kappa shape index (κ1) is 17.1. The van der Waals surface area contributed by atoms with E-state index in [9.17, 15) is 9.59 Å². The molecule has 0 aliphatic heterocycles. The third-order valence-electron chi connectivity index (χ3n) is 3.78. The average Bonchev–Trinajstić information content (AvgIpc) is 2.52. The van der Waals surface area contributed by atoms with Gasteiger partial charge in [0.1, 0.15) is 5.02 Å². The lowest BCUT2D eigenvalue weighted by Gasteiger charge is -2.28. The van der Waals surface area contributed by atoms with Crippen LogP contribution in [0.1, 0.15) is 32.6 Å². The van der Waals surface area contributed by atoms with Gasteiger partial charge in [0.2, 0.25) is 0 Å². The Morgan fingerprint density at radius 2 is 1.77 bits per heavy atom. The van der Waals surface area contributed by atoms with E-state index < -0.39 is 17.8 Å². The fourth-order valence-electron chi connectivity index (χ4n) is 2.69. The molecule has 0 bridgehead atoms. The Labute approximate surface area is 139 Å². The number of benzene rings is 1. The van der Waals surface area contributed by atoms with Crippen molar-refractivity contribution < 1.29 is 19.1 Å². The predicted molar refractivity (Wildman–Crippen MR) is 84.2 cm³/mol. The minimum absolute atomic E-state index is 0.195. The highest BCUT2D eigenvalue weighted by molar-refractivity contribution is 6.43. The summed E-state index contributed by atoms with van der Waals surface area (Å²) in [6.45, 7) is 2.05. The second kappa shape index (κ2) is 7.84. The van der Waals surface area contributed by atoms with Gasteiger partial charge in [-0.1, -0.05) is 42.1 Å². The van der Waals surface area contributed by atoms with Crippen molar-refractivity contribution >= 4 is 35.1 Å². The van der Waals surface area contributed by atoms with Gasteiger partial charge in [0, 0.05) is 0 Å². The van der Waals surface area contributed by atoms with E-state index in [1.54, 1.807) is 25.1 Å². The molecule has 4 nitrogen and oxygen atoms in total. The van der Waals surface area contributed by atoms with Gasteiger partial charge in [-0.2, -0.15) is 0 Å². The fourth-order valence-corrected chi connectivity index (χ4v) is 3.02. The van der Waals surface area contributed by atoms with Crippen LogP contribution >= 0.6 is 23.2 Å². The summed E-state index contributed by atoms with van der Waals surface area (Å²) in [5.74, 6) is -1.52. The van der Waals surface area contributed by atoms with Crippen LogP contribution in [0.15, 0.2) is 18.2 Å². The molecule has 0 saturated heterocycles. The Kier molecular flexibility index (Phi) is 6.09. The van der Waals surface area contributed by atoms with Crippen LogP contribution < -0.4 is 4.74 Å². The summed E-state index contributed by atoms with van der Waals surface area (Å²) in [5.41, 5.74) is 0. The number of rotatable bonds is 4. The van der Waals surface area contributed by atoms with E-state index in [1.165, 1.54) is 0 Å². The SMILES string of the molecule is CCOC(=O)C1CCCCC1C(=O)Oc1cccc(Cl)c1Cl. The molecule has 1 saturated carbocycles. The molecule has 120 valence electrons. The summed E-state index contributed by atoms with van der Waals surface area (Å²) in [4.78, 5) is 24.4. The lowest BCUT2D eigenvalue weighted by atomic mass is 9.79. The molecule has 0 aromatic heterocycles. The molecule has 2 atom stereocenters. The highest BCUT2D eigenvalue weighted by Gasteiger charge is 2.38. The van der Waals surface area contributed by atoms with Crippen molar-refractivity contribution in [1.29, 1.82) is 0 Å². The van der Waals surface area contributed by atoms with Crippen LogP contribution in [0.5, 0.6) is 5.75 Å². The van der Waals surface area contributed by atoms with E-state index in [-0.39, 0.29) is 16.7 Å². The van der Waals surface area contributed by atoms with Crippen LogP contribution in [0.3, 0.4) is 0 Å². The van der Waals surface area contributed by atoms with Gasteiger partial charge in [0.15, 0.2) is 5.75 Å². The molecule has 6 heteroatoms. The molecule has 0 radical (unpaired) electrons. The summed E-state index contributed by atoms with van der Waals surface area (Å²) in [6.07, 6.45) is 3.05. The Bertz CT molecular complexity index is 559. The minimum Gasteiger partial charge on any atom is -0.466 e. The molecule has 0 spiro atoms. The Balaban J connectivity index is 2.12. The number of halogens is 2. The molecule has 0 heterocycles. The third-order valence-corrected chi connectivity index (χ3v) is 4.59. The smallest absolute Gasteiger partial charge is 0.315 e. The van der Waals surface area contributed by atoms with Crippen LogP contribution in [-0.2, 0) is 14.3 Å². The van der Waals surface area contributed by atoms with E-state index in [0.29, 0.717) is 24.5 Å². The first-order chi connectivity index (χ1) is 10.5. The van der Waals surface area contributed by atoms with Crippen LogP contribution in [0, 0.1) is 11.8 Å². The van der Waals surface area contributed by atoms with Gasteiger partial charge in [-0.15, -0.1) is 0 Å². The highest BCUT2D eigenvalue weighted by atomic mass is 35.5. The monoisotopic (exact) mass is 344 g/mol. The number of esters is 2. The standard InChI is InChI=1S/C16H18Cl2O4/c1-2-21-15(19)10-6-3-4-7-11(10)16(20)22-13-9-5-8-12(17)14(13)18/h5,8-11H,2-4,6-7H2,1H3. The summed E-state index contributed by atoms with van der Waals surface area (Å²) < 4.78 is 10.4. The number of hydrogen-bond acceptors (Lipinski definition) is 4. The van der Waals surface area contributed by atoms with Crippen molar-refractivity contribution in [3.63, 3.8) is 0 Å². The summed E-state index contributed by atoms with van der Waals surface area (Å²) >= 11 is 11.9. The second-order valence-corrected chi connectivity index (χ2v) is 6.01. The quantitative estimate of drug-likeness (QED) is 0.604. The van der Waals surface area contributed by atoms with Crippen LogP contribution in [0.25, 0.3) is 0 Å². The van der Waals surface area contributed by atoms with Gasteiger partial charge >= 0.3 is 11.9 Å². The molecular weight excluding hydrogens is 327 g/mol. The minimum atomic E-state index is -0.497. The van der Waals surface area contributed by atoms with Crippen LogP contribution in [0.4, 0.5) is 0 Å². The maximum absolute atomic E-state index is 12.4. The predicted octanol–water partition coefficient (Wildman–Crippen LogP) is 4.27. The number of hydrogen-bond donors (Lipinski definition) is 0. The van der Waals surface area contributed by atoms with Gasteiger partial charge in [0.25, 0.3) is 0 Å². The van der Waals surface area contributed by atoms with Crippen molar-refractivity contribution in [3.05, 3.63) is 28.2 Å². The Morgan fingerprint density at radius 3 is 2.41 bits per heavy atom. The first-order valence-electron chi connectivity index (χ1n) is 7.37. The number of ether oxygens (including phenoxy) is 2. The molecule has 0 amide bonds. The van der Waals surface area contributed by atoms with Crippen LogP contribution in [-0.4, -0.2) is 18.5 Å². The molecule has 2 rings (SSSR count). The number of carbonyl (C=O) groups excluding carboxylic acids is 2. The molecule has 1 aliphatic rings. The van der Waals surface area contributed by atoms with Gasteiger partial charge in [-0.25, -0.2) is 0 Å². The molecule has 1 fully saturated rings. The van der Waals surface area contributed by atoms with Crippen molar-refractivity contribution in [1.82, 2.24) is 0 Å². The Morgan fingerprint density at radius 1 is 1.14 bits per heavy atom. The van der Waals surface area contributed by atoms with Gasteiger partial charge in [-0.3, -0.25) is 9.59 Å². The van der Waals surface area contributed by atoms with E-state index >= 15 is 0 Å². The topological polar surface area (TPSA) is 52.6 Å². The molecule has 1 aromatic carbocycles. The molecule has 0 N–H and O–H groups in total. The van der Waals surface area contributed by atoms with Crippen molar-refractivity contribution in [3.8, 4) is 5.75 Å². The zero-order valence-corrected chi connectivity index (χ0v) is 13.8. The average molecular weight is 345 g/mol. The van der Waals surface area contributed by atoms with Crippen molar-refractivity contribution in [2.45, 2.75) is 32.6 Å². The molecule has 22 heavy (non-hydrogen) atoms. The molecule has 1 aliphatic carbocycles. The van der Waals surface area contributed by atoms with E-state index in [4.69, 9.17) is 32.7 Å². The molecule has 2 unspecified atom stereocenters. The molecule has 1 aromatic rings. The van der Waals surface area contributed by atoms with Crippen molar-refractivity contribution in [2.75, 3.05) is 6.61 Å². The van der Waals surface area contributed by atoms with Gasteiger partial charge in [0.05, 0.1) is 23.5 Å². The van der Waals surface area contributed by atoms with Crippen LogP contribution in [0.2, 0.25) is 10.0 Å². The first-order valence-corrected chi connectivity index (χ1v) is 8.12. The summed E-state index contributed by atoms with van der Waals surface area (Å²) in [5, 5.41) is 0.513. The maximum Gasteiger partial charge on any atom is 0.315 e. The third kappa shape index (κ3) is 3.93. The van der Waals surface area contributed by atoms with E-state index in [2.05, 4.69) is 0 Å². The maximum atomic E-state index is 12.4. The zero-order valence-electron chi connectivity index (χ0n) is 12.3. The van der Waals surface area contributed by atoms with Crippen molar-refractivity contribution in [2.24, 2.45) is 11.8 Å². The zero-order chi connectivity index (χ0) is 16.1. The largest absolute Gasteiger partial charge is 0.466 e. The highest BCUT2D eigenvalue weighted by Crippen LogP contribution is 2.35. The Hall–Kier alpha value is -1.26. The summed E-state index contributed by atoms with van der Waals surface area (Å²) in [7, 11) is 0. The second-order valence-electron chi connectivity index (χ2n) is 5.22.